The van der Waals surface area contributed by atoms with Gasteiger partial charge in [-0.05, 0) is 47.4 Å². The second kappa shape index (κ2) is 6.93. The van der Waals surface area contributed by atoms with Crippen LogP contribution >= 0.6 is 11.6 Å². The quantitative estimate of drug-likeness (QED) is 0.815. The van der Waals surface area contributed by atoms with Crippen LogP contribution in [0.3, 0.4) is 0 Å². The van der Waals surface area contributed by atoms with Gasteiger partial charge in [0.1, 0.15) is 0 Å². The van der Waals surface area contributed by atoms with Gasteiger partial charge in [0, 0.05) is 10.6 Å². The molecule has 2 N–H and O–H groups in total. The van der Waals surface area contributed by atoms with E-state index in [-0.39, 0.29) is 10.3 Å². The van der Waals surface area contributed by atoms with Crippen LogP contribution in [0.15, 0.2) is 53.4 Å². The number of carbonyl (C=O) groups excluding carboxylic acids is 1. The molecule has 0 saturated heterocycles. The van der Waals surface area contributed by atoms with Gasteiger partial charge in [-0.3, -0.25) is 10.2 Å². The van der Waals surface area contributed by atoms with Gasteiger partial charge in [0.2, 0.25) is 0 Å². The summed E-state index contributed by atoms with van der Waals surface area (Å²) in [5.74, 6) is -0.534. The first-order chi connectivity index (χ1) is 11.1. The Balaban J connectivity index is 2.06. The third kappa shape index (κ3) is 4.56. The van der Waals surface area contributed by atoms with Crippen molar-refractivity contribution in [3.05, 3.63) is 64.7 Å². The van der Waals surface area contributed by atoms with Crippen LogP contribution in [0, 0.1) is 0 Å². The van der Waals surface area contributed by atoms with E-state index in [4.69, 9.17) is 11.6 Å². The highest BCUT2D eigenvalue weighted by molar-refractivity contribution is 7.89. The highest BCUT2D eigenvalue weighted by Crippen LogP contribution is 2.22. The van der Waals surface area contributed by atoms with Crippen molar-refractivity contribution in [1.82, 2.24) is 10.3 Å². The Bertz CT molecular complexity index is 824. The first-order valence-corrected chi connectivity index (χ1v) is 9.14. The molecule has 0 radical (unpaired) electrons. The van der Waals surface area contributed by atoms with E-state index >= 15 is 0 Å². The summed E-state index contributed by atoms with van der Waals surface area (Å²) >= 11 is 5.73. The summed E-state index contributed by atoms with van der Waals surface area (Å²) in [6, 6.07) is 12.7. The number of amides is 1. The van der Waals surface area contributed by atoms with E-state index in [1.807, 2.05) is 12.1 Å². The van der Waals surface area contributed by atoms with Gasteiger partial charge >= 0.3 is 0 Å². The number of hydrogen-bond donors (Lipinski definition) is 2. The smallest absolute Gasteiger partial charge is 0.266 e. The highest BCUT2D eigenvalue weighted by atomic mass is 35.5. The van der Waals surface area contributed by atoms with Gasteiger partial charge < -0.3 is 0 Å². The Morgan fingerprint density at radius 2 is 1.50 bits per heavy atom. The normalized spacial score (nSPS) is 12.0. The number of hydrogen-bond acceptors (Lipinski definition) is 3. The van der Waals surface area contributed by atoms with Crippen LogP contribution < -0.4 is 10.3 Å². The van der Waals surface area contributed by atoms with Crippen molar-refractivity contribution in [2.75, 3.05) is 0 Å². The predicted octanol–water partition coefficient (Wildman–Crippen LogP) is 3.26. The van der Waals surface area contributed by atoms with Gasteiger partial charge in [0.15, 0.2) is 0 Å². The maximum Gasteiger partial charge on any atom is 0.266 e. The molecule has 0 aliphatic rings. The van der Waals surface area contributed by atoms with Crippen molar-refractivity contribution in [3.8, 4) is 0 Å². The number of carbonyl (C=O) groups is 1. The number of sulfonamides is 1. The lowest BCUT2D eigenvalue weighted by Crippen LogP contribution is -2.41. The number of halogens is 1. The monoisotopic (exact) mass is 366 g/mol. The third-order valence-corrected chi connectivity index (χ3v) is 4.95. The molecule has 0 fully saturated rings. The number of hydrazine groups is 1. The molecular formula is C17H19ClN2O3S. The van der Waals surface area contributed by atoms with Gasteiger partial charge in [0.25, 0.3) is 15.9 Å². The average molecular weight is 367 g/mol. The van der Waals surface area contributed by atoms with Crippen LogP contribution in [0.4, 0.5) is 0 Å². The summed E-state index contributed by atoms with van der Waals surface area (Å²) in [5.41, 5.74) is 3.62. The zero-order valence-electron chi connectivity index (χ0n) is 13.6. The van der Waals surface area contributed by atoms with Crippen molar-refractivity contribution >= 4 is 27.5 Å². The fourth-order valence-corrected chi connectivity index (χ4v) is 2.95. The van der Waals surface area contributed by atoms with Crippen LogP contribution in [0.5, 0.6) is 0 Å². The zero-order valence-corrected chi connectivity index (χ0v) is 15.2. The first kappa shape index (κ1) is 18.4. The predicted molar refractivity (Wildman–Crippen MR) is 94.4 cm³/mol. The molecule has 2 aromatic rings. The molecule has 0 bridgehead atoms. The summed E-state index contributed by atoms with van der Waals surface area (Å²) in [7, 11) is -3.85. The number of rotatable bonds is 4. The Hall–Kier alpha value is -1.89. The van der Waals surface area contributed by atoms with Crippen molar-refractivity contribution in [2.45, 2.75) is 31.1 Å². The van der Waals surface area contributed by atoms with E-state index in [0.717, 1.165) is 5.56 Å². The molecule has 0 aromatic heterocycles. The fourth-order valence-electron chi connectivity index (χ4n) is 1.98. The molecule has 0 unspecified atom stereocenters. The standard InChI is InChI=1S/C17H19ClN2O3S/c1-17(2,3)13-6-4-12(5-7-13)16(21)19-20-24(22,23)15-10-8-14(18)9-11-15/h4-11,20H,1-3H3,(H,19,21). The van der Waals surface area contributed by atoms with Crippen LogP contribution in [-0.4, -0.2) is 14.3 Å². The SMILES string of the molecule is CC(C)(C)c1ccc(C(=O)NNS(=O)(=O)c2ccc(Cl)cc2)cc1. The van der Waals surface area contributed by atoms with Crippen LogP contribution in [0.25, 0.3) is 0 Å². The Kier molecular flexibility index (Phi) is 5.32. The minimum Gasteiger partial charge on any atom is -0.273 e. The lowest BCUT2D eigenvalue weighted by Gasteiger charge is -2.19. The van der Waals surface area contributed by atoms with Crippen molar-refractivity contribution < 1.29 is 13.2 Å². The molecule has 24 heavy (non-hydrogen) atoms. The Labute approximate surface area is 147 Å². The molecule has 1 amide bonds. The van der Waals surface area contributed by atoms with E-state index in [9.17, 15) is 13.2 Å². The van der Waals surface area contributed by atoms with Crippen molar-refractivity contribution in [2.24, 2.45) is 0 Å². The minimum absolute atomic E-state index is 0.00952. The second-order valence-corrected chi connectivity index (χ2v) is 8.46. The topological polar surface area (TPSA) is 75.3 Å². The molecule has 0 spiro atoms. The van der Waals surface area contributed by atoms with Crippen LogP contribution in [0.1, 0.15) is 36.7 Å². The first-order valence-electron chi connectivity index (χ1n) is 7.28. The molecule has 0 heterocycles. The number of nitrogens with one attached hydrogen (secondary N) is 2. The maximum absolute atomic E-state index is 12.1. The summed E-state index contributed by atoms with van der Waals surface area (Å²) in [5, 5.41) is 0.428. The van der Waals surface area contributed by atoms with Gasteiger partial charge in [-0.1, -0.05) is 44.5 Å². The summed E-state index contributed by atoms with van der Waals surface area (Å²) in [6.07, 6.45) is 0. The Morgan fingerprint density at radius 1 is 0.958 bits per heavy atom. The van der Waals surface area contributed by atoms with Crippen molar-refractivity contribution in [1.29, 1.82) is 0 Å². The van der Waals surface area contributed by atoms with E-state index in [2.05, 4.69) is 31.0 Å². The minimum atomic E-state index is -3.85. The zero-order chi connectivity index (χ0) is 18.0. The van der Waals surface area contributed by atoms with E-state index in [0.29, 0.717) is 10.6 Å². The second-order valence-electron chi connectivity index (χ2n) is 6.34. The Morgan fingerprint density at radius 3 is 2.00 bits per heavy atom. The fraction of sp³-hybridized carbons (Fsp3) is 0.235. The molecule has 2 aromatic carbocycles. The largest absolute Gasteiger partial charge is 0.273 e. The molecule has 7 heteroatoms. The molecule has 128 valence electrons. The molecular weight excluding hydrogens is 348 g/mol. The molecule has 0 saturated carbocycles. The molecule has 0 aliphatic carbocycles. The maximum atomic E-state index is 12.1. The van der Waals surface area contributed by atoms with Gasteiger partial charge in [0.05, 0.1) is 4.90 Å². The van der Waals surface area contributed by atoms with Gasteiger partial charge in [-0.15, -0.1) is 4.83 Å². The molecule has 0 aliphatic heterocycles. The third-order valence-electron chi connectivity index (χ3n) is 3.44. The summed E-state index contributed by atoms with van der Waals surface area (Å²) < 4.78 is 24.2. The highest BCUT2D eigenvalue weighted by Gasteiger charge is 2.17. The number of benzene rings is 2. The molecule has 2 rings (SSSR count). The summed E-state index contributed by atoms with van der Waals surface area (Å²) in [6.45, 7) is 6.22. The van der Waals surface area contributed by atoms with E-state index in [1.54, 1.807) is 12.1 Å². The summed E-state index contributed by atoms with van der Waals surface area (Å²) in [4.78, 5) is 14.2. The van der Waals surface area contributed by atoms with Gasteiger partial charge in [-0.25, -0.2) is 8.42 Å². The lowest BCUT2D eigenvalue weighted by molar-refractivity contribution is 0.0945. The van der Waals surface area contributed by atoms with E-state index < -0.39 is 15.9 Å². The average Bonchev–Trinajstić information content (AvgIpc) is 2.52. The van der Waals surface area contributed by atoms with Crippen LogP contribution in [-0.2, 0) is 15.4 Å². The molecule has 0 atom stereocenters. The molecule has 5 nitrogen and oxygen atoms in total. The van der Waals surface area contributed by atoms with E-state index in [1.165, 1.54) is 24.3 Å². The van der Waals surface area contributed by atoms with Gasteiger partial charge in [-0.2, -0.15) is 0 Å². The lowest BCUT2D eigenvalue weighted by atomic mass is 9.87. The van der Waals surface area contributed by atoms with Crippen molar-refractivity contribution in [3.63, 3.8) is 0 Å². The van der Waals surface area contributed by atoms with Crippen LogP contribution in [0.2, 0.25) is 5.02 Å².